The van der Waals surface area contributed by atoms with Gasteiger partial charge in [-0.1, -0.05) is 25.4 Å². The number of hydrogen-bond acceptors (Lipinski definition) is 6. The van der Waals surface area contributed by atoms with Crippen LogP contribution in [0.5, 0.6) is 11.5 Å². The molecule has 3 aliphatic rings. The lowest BCUT2D eigenvalue weighted by molar-refractivity contribution is -0.134. The third-order valence-corrected chi connectivity index (χ3v) is 7.51. The van der Waals surface area contributed by atoms with Crippen molar-refractivity contribution in [2.24, 2.45) is 5.92 Å². The molecule has 0 saturated carbocycles. The molecule has 38 heavy (non-hydrogen) atoms. The van der Waals surface area contributed by atoms with E-state index in [2.05, 4.69) is 10.6 Å². The summed E-state index contributed by atoms with van der Waals surface area (Å²) in [6.07, 6.45) is 3.49. The summed E-state index contributed by atoms with van der Waals surface area (Å²) in [5, 5.41) is 6.79. The zero-order chi connectivity index (χ0) is 26.4. The number of rotatable bonds is 4. The van der Waals surface area contributed by atoms with Crippen LogP contribution in [0.4, 0.5) is 0 Å². The summed E-state index contributed by atoms with van der Waals surface area (Å²) >= 11 is 6.47. The summed E-state index contributed by atoms with van der Waals surface area (Å²) in [6, 6.07) is 3.22. The van der Waals surface area contributed by atoms with Crippen LogP contribution in [0.1, 0.15) is 51.5 Å². The minimum atomic E-state index is -0.267. The summed E-state index contributed by atoms with van der Waals surface area (Å²) in [6.45, 7) is 7.88. The van der Waals surface area contributed by atoms with E-state index in [1.807, 2.05) is 23.6 Å². The van der Waals surface area contributed by atoms with Crippen molar-refractivity contribution >= 4 is 41.7 Å². The average Bonchev–Trinajstić information content (AvgIpc) is 3.34. The molecule has 11 heteroatoms. The monoisotopic (exact) mass is 570 g/mol. The van der Waals surface area contributed by atoms with Gasteiger partial charge in [0.25, 0.3) is 0 Å². The molecule has 2 atom stereocenters. The van der Waals surface area contributed by atoms with Crippen molar-refractivity contribution in [3.05, 3.63) is 22.7 Å². The molecule has 4 rings (SSSR count). The first kappa shape index (κ1) is 30.3. The fraction of sp³-hybridized carbons (Fsp3) is 0.667. The second kappa shape index (κ2) is 14.2. The molecule has 0 unspecified atom stereocenters. The maximum Gasteiger partial charge on any atom is 0.237 e. The van der Waals surface area contributed by atoms with Crippen molar-refractivity contribution in [1.29, 1.82) is 0 Å². The van der Waals surface area contributed by atoms with Gasteiger partial charge in [0, 0.05) is 56.3 Å². The Morgan fingerprint density at radius 2 is 1.76 bits per heavy atom. The second-order valence-electron chi connectivity index (χ2n) is 10.5. The first-order chi connectivity index (χ1) is 17.8. The number of amides is 3. The Hall–Kier alpha value is -2.23. The number of carbonyl (C=O) groups excluding carboxylic acids is 3. The SMILES string of the molecule is CC(C)CC(=O)N1CCCN(C(=O)Cc2cc3c(cc2Cl)OCCO3)CCCCNC(=O)[C@@H]2C[C@H]1CN2.Cl. The van der Waals surface area contributed by atoms with Crippen LogP contribution in [0.25, 0.3) is 0 Å². The number of carbonyl (C=O) groups is 3. The number of hydrogen-bond donors (Lipinski definition) is 2. The Morgan fingerprint density at radius 3 is 2.50 bits per heavy atom. The van der Waals surface area contributed by atoms with Crippen molar-refractivity contribution in [1.82, 2.24) is 20.4 Å². The normalized spacial score (nSPS) is 22.4. The lowest BCUT2D eigenvalue weighted by Gasteiger charge is -2.31. The molecule has 1 aromatic carbocycles. The number of fused-ring (bicyclic) bond motifs is 3. The van der Waals surface area contributed by atoms with E-state index in [0.29, 0.717) is 87.3 Å². The Labute approximate surface area is 236 Å². The Balaban J connectivity index is 0.00000400. The van der Waals surface area contributed by atoms with Crippen molar-refractivity contribution < 1.29 is 23.9 Å². The highest BCUT2D eigenvalue weighted by Gasteiger charge is 2.35. The van der Waals surface area contributed by atoms with Gasteiger partial charge in [0.1, 0.15) is 13.2 Å². The molecular formula is C27H40Cl2N4O5. The Morgan fingerprint density at radius 1 is 1.05 bits per heavy atom. The molecule has 9 nitrogen and oxygen atoms in total. The maximum atomic E-state index is 13.4. The quantitative estimate of drug-likeness (QED) is 0.577. The van der Waals surface area contributed by atoms with Gasteiger partial charge in [0.15, 0.2) is 11.5 Å². The van der Waals surface area contributed by atoms with Crippen LogP contribution in [-0.2, 0) is 20.8 Å². The molecule has 212 valence electrons. The van der Waals surface area contributed by atoms with Gasteiger partial charge in [0.05, 0.1) is 12.5 Å². The number of nitrogens with zero attached hydrogens (tertiary/aromatic N) is 2. The molecule has 0 spiro atoms. The van der Waals surface area contributed by atoms with Crippen LogP contribution in [0.3, 0.4) is 0 Å². The molecule has 2 bridgehead atoms. The van der Waals surface area contributed by atoms with Crippen molar-refractivity contribution in [2.45, 2.75) is 64.5 Å². The van der Waals surface area contributed by atoms with Gasteiger partial charge in [-0.2, -0.15) is 0 Å². The molecule has 3 aliphatic heterocycles. The summed E-state index contributed by atoms with van der Waals surface area (Å²) < 4.78 is 11.3. The second-order valence-corrected chi connectivity index (χ2v) is 10.9. The first-order valence-corrected chi connectivity index (χ1v) is 13.9. The predicted octanol–water partition coefficient (Wildman–Crippen LogP) is 2.81. The van der Waals surface area contributed by atoms with Crippen LogP contribution in [-0.4, -0.2) is 85.5 Å². The van der Waals surface area contributed by atoms with Crippen LogP contribution in [0.15, 0.2) is 12.1 Å². The standard InChI is InChI=1S/C27H39ClN4O5.ClH/c1-18(2)12-26(34)32-9-5-8-31(7-4-3-6-29-27(35)22-15-20(32)17-30-22)25(33)14-19-13-23-24(16-21(19)28)37-11-10-36-23;/h13,16,18,20,22,30H,3-12,14-15,17H2,1-2H3,(H,29,35);1H/t20-,22-;/m0./s1. The van der Waals surface area contributed by atoms with E-state index in [1.54, 1.807) is 12.1 Å². The Bertz CT molecular complexity index is 992. The molecule has 2 N–H and O–H groups in total. The zero-order valence-electron chi connectivity index (χ0n) is 22.3. The third-order valence-electron chi connectivity index (χ3n) is 7.15. The fourth-order valence-corrected chi connectivity index (χ4v) is 5.42. The van der Waals surface area contributed by atoms with Crippen LogP contribution < -0.4 is 20.1 Å². The maximum absolute atomic E-state index is 13.4. The molecule has 2 saturated heterocycles. The lowest BCUT2D eigenvalue weighted by Crippen LogP contribution is -2.44. The first-order valence-electron chi connectivity index (χ1n) is 13.5. The van der Waals surface area contributed by atoms with Crippen LogP contribution in [0.2, 0.25) is 5.02 Å². The highest BCUT2D eigenvalue weighted by atomic mass is 35.5. The number of halogens is 2. The molecule has 1 aromatic rings. The van der Waals surface area contributed by atoms with Crippen LogP contribution in [0, 0.1) is 5.92 Å². The summed E-state index contributed by atoms with van der Waals surface area (Å²) in [4.78, 5) is 42.9. The van der Waals surface area contributed by atoms with E-state index in [1.165, 1.54) is 0 Å². The number of benzene rings is 1. The third kappa shape index (κ3) is 7.90. The van der Waals surface area contributed by atoms with E-state index in [9.17, 15) is 14.4 Å². The van der Waals surface area contributed by atoms with Gasteiger partial charge in [0.2, 0.25) is 17.7 Å². The average molecular weight is 572 g/mol. The topological polar surface area (TPSA) is 100 Å². The fourth-order valence-electron chi connectivity index (χ4n) is 5.20. The smallest absolute Gasteiger partial charge is 0.237 e. The van der Waals surface area contributed by atoms with Gasteiger partial charge < -0.3 is 29.9 Å². The summed E-state index contributed by atoms with van der Waals surface area (Å²) in [7, 11) is 0. The predicted molar refractivity (Wildman–Crippen MR) is 148 cm³/mol. The molecule has 0 aliphatic carbocycles. The molecular weight excluding hydrogens is 531 g/mol. The van der Waals surface area contributed by atoms with Gasteiger partial charge in [-0.3, -0.25) is 14.4 Å². The van der Waals surface area contributed by atoms with E-state index >= 15 is 0 Å². The molecule has 0 aromatic heterocycles. The minimum Gasteiger partial charge on any atom is -0.486 e. The van der Waals surface area contributed by atoms with Crippen molar-refractivity contribution in [3.8, 4) is 11.5 Å². The van der Waals surface area contributed by atoms with E-state index in [4.69, 9.17) is 21.1 Å². The van der Waals surface area contributed by atoms with Gasteiger partial charge >= 0.3 is 0 Å². The zero-order valence-corrected chi connectivity index (χ0v) is 23.9. The number of ether oxygens (including phenoxy) is 2. The van der Waals surface area contributed by atoms with E-state index < -0.39 is 0 Å². The summed E-state index contributed by atoms with van der Waals surface area (Å²) in [5.41, 5.74) is 0.708. The highest BCUT2D eigenvalue weighted by Crippen LogP contribution is 2.35. The molecule has 3 heterocycles. The largest absolute Gasteiger partial charge is 0.486 e. The minimum absolute atomic E-state index is 0. The van der Waals surface area contributed by atoms with Crippen molar-refractivity contribution in [2.75, 3.05) is 45.9 Å². The van der Waals surface area contributed by atoms with Crippen molar-refractivity contribution in [3.63, 3.8) is 0 Å². The van der Waals surface area contributed by atoms with Gasteiger partial charge in [-0.15, -0.1) is 12.4 Å². The molecule has 0 radical (unpaired) electrons. The number of nitrogens with one attached hydrogen (secondary N) is 2. The highest BCUT2D eigenvalue weighted by molar-refractivity contribution is 6.31. The van der Waals surface area contributed by atoms with E-state index in [0.717, 1.165) is 12.8 Å². The Kier molecular flexibility index (Phi) is 11.4. The summed E-state index contributed by atoms with van der Waals surface area (Å²) in [5.74, 6) is 1.54. The molecule has 2 fully saturated rings. The van der Waals surface area contributed by atoms with Gasteiger partial charge in [-0.25, -0.2) is 0 Å². The molecule has 3 amide bonds. The lowest BCUT2D eigenvalue weighted by atomic mass is 10.1. The van der Waals surface area contributed by atoms with Crippen LogP contribution >= 0.6 is 24.0 Å². The van der Waals surface area contributed by atoms with Gasteiger partial charge in [-0.05, 0) is 43.2 Å². The van der Waals surface area contributed by atoms with E-state index in [-0.39, 0.29) is 54.6 Å².